The van der Waals surface area contributed by atoms with Crippen LogP contribution in [0.4, 0.5) is 5.82 Å². The third kappa shape index (κ3) is 1.58. The lowest BCUT2D eigenvalue weighted by atomic mass is 10.4. The molecule has 1 heterocycles. The number of hydrogen-bond acceptors (Lipinski definition) is 3. The van der Waals surface area contributed by atoms with E-state index in [-0.39, 0.29) is 11.4 Å². The van der Waals surface area contributed by atoms with Crippen molar-refractivity contribution in [3.05, 3.63) is 22.7 Å². The van der Waals surface area contributed by atoms with Crippen LogP contribution in [-0.2, 0) is 6.54 Å². The molecular weight excluding hydrogens is 142 g/mol. The molecule has 0 aromatic carbocycles. The molecule has 1 rings (SSSR count). The van der Waals surface area contributed by atoms with Crippen LogP contribution < -0.4 is 11.3 Å². The van der Waals surface area contributed by atoms with Gasteiger partial charge in [0.15, 0.2) is 5.82 Å². The molecule has 0 atom stereocenters. The standard InChI is InChI=1S/C7H11N3O/c1-2-4-10-5-3-9-6(8)7(10)11/h3,5H,2,4H2,1H3,(H2,8,9). The molecule has 1 aromatic rings. The van der Waals surface area contributed by atoms with Gasteiger partial charge in [0.2, 0.25) is 0 Å². The second-order valence-electron chi connectivity index (χ2n) is 2.31. The van der Waals surface area contributed by atoms with Gasteiger partial charge in [-0.3, -0.25) is 4.79 Å². The van der Waals surface area contributed by atoms with Gasteiger partial charge in [0.25, 0.3) is 5.56 Å². The minimum Gasteiger partial charge on any atom is -0.379 e. The van der Waals surface area contributed by atoms with E-state index in [1.54, 1.807) is 10.8 Å². The second-order valence-corrected chi connectivity index (χ2v) is 2.31. The first kappa shape index (κ1) is 7.78. The minimum atomic E-state index is -0.200. The van der Waals surface area contributed by atoms with Crippen molar-refractivity contribution in [3.63, 3.8) is 0 Å². The lowest BCUT2D eigenvalue weighted by Crippen LogP contribution is -2.23. The number of anilines is 1. The molecule has 0 amide bonds. The number of nitrogens with two attached hydrogens (primary N) is 1. The summed E-state index contributed by atoms with van der Waals surface area (Å²) in [6, 6.07) is 0. The van der Waals surface area contributed by atoms with E-state index in [0.717, 1.165) is 6.42 Å². The zero-order chi connectivity index (χ0) is 8.27. The van der Waals surface area contributed by atoms with E-state index in [0.29, 0.717) is 6.54 Å². The smallest absolute Gasteiger partial charge is 0.293 e. The number of aryl methyl sites for hydroxylation is 1. The lowest BCUT2D eigenvalue weighted by molar-refractivity contribution is 0.651. The first-order valence-electron chi connectivity index (χ1n) is 3.56. The molecule has 1 aromatic heterocycles. The highest BCUT2D eigenvalue weighted by Crippen LogP contribution is 1.87. The van der Waals surface area contributed by atoms with Crippen LogP contribution in [0.25, 0.3) is 0 Å². The molecule has 4 heteroatoms. The van der Waals surface area contributed by atoms with Gasteiger partial charge < -0.3 is 10.3 Å². The number of rotatable bonds is 2. The molecule has 0 fully saturated rings. The van der Waals surface area contributed by atoms with Gasteiger partial charge in [-0.05, 0) is 6.42 Å². The molecule has 0 radical (unpaired) electrons. The monoisotopic (exact) mass is 153 g/mol. The van der Waals surface area contributed by atoms with Gasteiger partial charge in [-0.15, -0.1) is 0 Å². The summed E-state index contributed by atoms with van der Waals surface area (Å²) in [6.45, 7) is 2.70. The Bertz CT molecular complexity index is 292. The molecule has 0 saturated heterocycles. The molecule has 60 valence electrons. The first-order valence-corrected chi connectivity index (χ1v) is 3.56. The quantitative estimate of drug-likeness (QED) is 0.661. The summed E-state index contributed by atoms with van der Waals surface area (Å²) in [4.78, 5) is 14.8. The van der Waals surface area contributed by atoms with Crippen molar-refractivity contribution in [1.82, 2.24) is 9.55 Å². The molecule has 4 nitrogen and oxygen atoms in total. The van der Waals surface area contributed by atoms with Gasteiger partial charge in [0.05, 0.1) is 0 Å². The number of aromatic nitrogens is 2. The van der Waals surface area contributed by atoms with Crippen LogP contribution in [-0.4, -0.2) is 9.55 Å². The van der Waals surface area contributed by atoms with Crippen LogP contribution in [0.2, 0.25) is 0 Å². The van der Waals surface area contributed by atoms with Crippen LogP contribution in [0.3, 0.4) is 0 Å². The summed E-state index contributed by atoms with van der Waals surface area (Å²) in [5, 5.41) is 0. The third-order valence-corrected chi connectivity index (χ3v) is 1.40. The SMILES string of the molecule is CCCn1ccnc(N)c1=O. The summed E-state index contributed by atoms with van der Waals surface area (Å²) in [6.07, 6.45) is 4.10. The Balaban J connectivity index is 3.07. The Morgan fingerprint density at radius 2 is 2.45 bits per heavy atom. The first-order chi connectivity index (χ1) is 5.25. The Hall–Kier alpha value is -1.32. The predicted octanol–water partition coefficient (Wildman–Crippen LogP) is 0.236. The van der Waals surface area contributed by atoms with Gasteiger partial charge in [-0.1, -0.05) is 6.92 Å². The second kappa shape index (κ2) is 3.18. The third-order valence-electron chi connectivity index (χ3n) is 1.40. The highest BCUT2D eigenvalue weighted by molar-refractivity contribution is 5.22. The van der Waals surface area contributed by atoms with Crippen molar-refractivity contribution < 1.29 is 0 Å². The molecule has 0 aliphatic heterocycles. The molecule has 0 aliphatic carbocycles. The fraction of sp³-hybridized carbons (Fsp3) is 0.429. The number of nitrogens with zero attached hydrogens (tertiary/aromatic N) is 2. The van der Waals surface area contributed by atoms with Crippen molar-refractivity contribution in [2.45, 2.75) is 19.9 Å². The Kier molecular flexibility index (Phi) is 2.25. The van der Waals surface area contributed by atoms with Gasteiger partial charge >= 0.3 is 0 Å². The average molecular weight is 153 g/mol. The van der Waals surface area contributed by atoms with Crippen LogP contribution in [0, 0.1) is 0 Å². The van der Waals surface area contributed by atoms with Gasteiger partial charge in [0.1, 0.15) is 0 Å². The number of hydrogen-bond donors (Lipinski definition) is 1. The largest absolute Gasteiger partial charge is 0.379 e. The molecule has 0 unspecified atom stereocenters. The predicted molar refractivity (Wildman–Crippen MR) is 43.2 cm³/mol. The maximum Gasteiger partial charge on any atom is 0.293 e. The zero-order valence-electron chi connectivity index (χ0n) is 6.45. The van der Waals surface area contributed by atoms with E-state index in [1.165, 1.54) is 6.20 Å². The van der Waals surface area contributed by atoms with E-state index in [1.807, 2.05) is 6.92 Å². The van der Waals surface area contributed by atoms with Crippen molar-refractivity contribution in [2.24, 2.45) is 0 Å². The maximum absolute atomic E-state index is 11.1. The molecular formula is C7H11N3O. The summed E-state index contributed by atoms with van der Waals surface area (Å²) >= 11 is 0. The maximum atomic E-state index is 11.1. The van der Waals surface area contributed by atoms with Crippen molar-refractivity contribution >= 4 is 5.82 Å². The Morgan fingerprint density at radius 1 is 1.73 bits per heavy atom. The normalized spacial score (nSPS) is 9.91. The Morgan fingerprint density at radius 3 is 3.09 bits per heavy atom. The highest BCUT2D eigenvalue weighted by Gasteiger charge is 1.97. The molecule has 2 N–H and O–H groups in total. The van der Waals surface area contributed by atoms with Crippen LogP contribution in [0.1, 0.15) is 13.3 Å². The molecule has 0 saturated carbocycles. The highest BCUT2D eigenvalue weighted by atomic mass is 16.1. The molecule has 0 spiro atoms. The van der Waals surface area contributed by atoms with Crippen molar-refractivity contribution in [2.75, 3.05) is 5.73 Å². The van der Waals surface area contributed by atoms with Crippen LogP contribution in [0.15, 0.2) is 17.2 Å². The van der Waals surface area contributed by atoms with E-state index in [9.17, 15) is 4.79 Å². The van der Waals surface area contributed by atoms with Crippen LogP contribution in [0.5, 0.6) is 0 Å². The minimum absolute atomic E-state index is 0.0703. The molecule has 0 aliphatic rings. The molecule has 11 heavy (non-hydrogen) atoms. The molecule has 0 bridgehead atoms. The summed E-state index contributed by atoms with van der Waals surface area (Å²) in [7, 11) is 0. The topological polar surface area (TPSA) is 60.9 Å². The van der Waals surface area contributed by atoms with Gasteiger partial charge in [-0.2, -0.15) is 0 Å². The van der Waals surface area contributed by atoms with E-state index in [4.69, 9.17) is 5.73 Å². The van der Waals surface area contributed by atoms with Crippen LogP contribution >= 0.6 is 0 Å². The fourth-order valence-corrected chi connectivity index (χ4v) is 0.881. The van der Waals surface area contributed by atoms with E-state index in [2.05, 4.69) is 4.98 Å². The average Bonchev–Trinajstić information content (AvgIpc) is 1.99. The van der Waals surface area contributed by atoms with E-state index < -0.39 is 0 Å². The van der Waals surface area contributed by atoms with Gasteiger partial charge in [-0.25, -0.2) is 4.98 Å². The summed E-state index contributed by atoms with van der Waals surface area (Å²) in [5.41, 5.74) is 5.11. The van der Waals surface area contributed by atoms with Gasteiger partial charge in [0, 0.05) is 18.9 Å². The number of nitrogen functional groups attached to an aromatic ring is 1. The van der Waals surface area contributed by atoms with Crippen molar-refractivity contribution in [1.29, 1.82) is 0 Å². The fourth-order valence-electron chi connectivity index (χ4n) is 0.881. The zero-order valence-corrected chi connectivity index (χ0v) is 6.45. The van der Waals surface area contributed by atoms with Crippen molar-refractivity contribution in [3.8, 4) is 0 Å². The summed E-state index contributed by atoms with van der Waals surface area (Å²) < 4.78 is 1.56. The Labute approximate surface area is 64.7 Å². The lowest BCUT2D eigenvalue weighted by Gasteiger charge is -2.01. The summed E-state index contributed by atoms with van der Waals surface area (Å²) in [5.74, 6) is 0.0703. The van der Waals surface area contributed by atoms with E-state index >= 15 is 0 Å².